The minimum absolute atomic E-state index is 0.00297. The van der Waals surface area contributed by atoms with E-state index in [0.29, 0.717) is 0 Å². The molecule has 1 aliphatic rings. The topological polar surface area (TPSA) is 127 Å². The second-order valence-electron chi connectivity index (χ2n) is 6.21. The minimum atomic E-state index is -3.43. The summed E-state index contributed by atoms with van der Waals surface area (Å²) in [6.45, 7) is 0. The first-order valence-corrected chi connectivity index (χ1v) is 9.72. The fourth-order valence-corrected chi connectivity index (χ4v) is 3.70. The number of nitrogen functional groups attached to an aromatic ring is 1. The lowest BCUT2D eigenvalue weighted by atomic mass is 9.84. The van der Waals surface area contributed by atoms with Crippen LogP contribution < -0.4 is 11.1 Å². The average Bonchev–Trinajstić information content (AvgIpc) is 2.52. The maximum Gasteiger partial charge on any atom is 0.326 e. The van der Waals surface area contributed by atoms with Crippen molar-refractivity contribution in [1.29, 1.82) is 0 Å². The number of amides is 1. The monoisotopic (exact) mass is 354 g/mol. The Morgan fingerprint density at radius 2 is 1.88 bits per heavy atom. The Balaban J connectivity index is 2.19. The Morgan fingerprint density at radius 3 is 2.38 bits per heavy atom. The number of carbonyl (C=O) groups excluding carboxylic acids is 1. The van der Waals surface area contributed by atoms with Crippen LogP contribution in [0.5, 0.6) is 0 Å². The van der Waals surface area contributed by atoms with E-state index in [1.807, 2.05) is 0 Å². The Labute approximate surface area is 141 Å². The third kappa shape index (κ3) is 4.25. The van der Waals surface area contributed by atoms with Crippen LogP contribution in [-0.2, 0) is 14.6 Å². The Bertz CT molecular complexity index is 739. The van der Waals surface area contributed by atoms with Gasteiger partial charge in [-0.2, -0.15) is 0 Å². The Kier molecular flexibility index (Phi) is 5.48. The third-order valence-corrected chi connectivity index (χ3v) is 5.48. The lowest BCUT2D eigenvalue weighted by Gasteiger charge is -2.28. The van der Waals surface area contributed by atoms with E-state index in [-0.39, 0.29) is 22.1 Å². The van der Waals surface area contributed by atoms with Crippen LogP contribution >= 0.6 is 0 Å². The number of rotatable bonds is 5. The van der Waals surface area contributed by atoms with Crippen LogP contribution in [0.15, 0.2) is 23.1 Å². The molecule has 0 bridgehead atoms. The van der Waals surface area contributed by atoms with E-state index in [1.54, 1.807) is 0 Å². The number of nitrogens with one attached hydrogen (secondary N) is 1. The molecule has 1 aliphatic carbocycles. The second-order valence-corrected chi connectivity index (χ2v) is 8.22. The second kappa shape index (κ2) is 7.21. The van der Waals surface area contributed by atoms with Crippen molar-refractivity contribution >= 4 is 27.4 Å². The zero-order valence-corrected chi connectivity index (χ0v) is 14.3. The first-order chi connectivity index (χ1) is 11.2. The number of hydrogen-bond acceptors (Lipinski definition) is 5. The number of benzene rings is 1. The fraction of sp³-hybridized carbons (Fsp3) is 0.500. The molecule has 2 rings (SSSR count). The van der Waals surface area contributed by atoms with Gasteiger partial charge in [-0.3, -0.25) is 4.79 Å². The summed E-state index contributed by atoms with van der Waals surface area (Å²) in [5.41, 5.74) is 5.85. The lowest BCUT2D eigenvalue weighted by Crippen LogP contribution is -2.46. The number of hydrogen-bond donors (Lipinski definition) is 3. The molecular weight excluding hydrogens is 332 g/mol. The lowest BCUT2D eigenvalue weighted by molar-refractivity contribution is -0.141. The van der Waals surface area contributed by atoms with Crippen LogP contribution in [-0.4, -0.2) is 37.7 Å². The summed E-state index contributed by atoms with van der Waals surface area (Å²) in [5, 5.41) is 11.9. The molecule has 0 unspecified atom stereocenters. The van der Waals surface area contributed by atoms with Crippen LogP contribution in [0.3, 0.4) is 0 Å². The number of anilines is 1. The maximum absolute atomic E-state index is 12.4. The van der Waals surface area contributed by atoms with Crippen molar-refractivity contribution in [1.82, 2.24) is 5.32 Å². The highest BCUT2D eigenvalue weighted by atomic mass is 32.2. The molecule has 1 atom stereocenters. The number of sulfone groups is 1. The minimum Gasteiger partial charge on any atom is -0.480 e. The van der Waals surface area contributed by atoms with Crippen molar-refractivity contribution in [2.45, 2.75) is 43.0 Å². The van der Waals surface area contributed by atoms with Crippen LogP contribution in [0.4, 0.5) is 5.69 Å². The molecule has 1 saturated carbocycles. The van der Waals surface area contributed by atoms with Crippen LogP contribution in [0, 0.1) is 5.92 Å². The number of carboxylic acid groups (broad SMARTS) is 1. The predicted octanol–water partition coefficient (Wildman–Crippen LogP) is 1.44. The van der Waals surface area contributed by atoms with E-state index in [4.69, 9.17) is 5.73 Å². The van der Waals surface area contributed by atoms with Gasteiger partial charge >= 0.3 is 5.97 Å². The molecule has 7 nitrogen and oxygen atoms in total. The van der Waals surface area contributed by atoms with Gasteiger partial charge in [-0.15, -0.1) is 0 Å². The van der Waals surface area contributed by atoms with E-state index in [9.17, 15) is 23.1 Å². The standard InChI is InChI=1S/C16H22N2O5S/c1-24(22,23)11-7-8-12(13(17)9-11)15(19)18-14(16(20)21)10-5-3-2-4-6-10/h7-10,14H,2-6,17H2,1H3,(H,18,19)(H,20,21)/t14-/m0/s1. The average molecular weight is 354 g/mol. The molecule has 0 aromatic heterocycles. The molecular formula is C16H22N2O5S. The van der Waals surface area contributed by atoms with Crippen molar-refractivity contribution < 1.29 is 23.1 Å². The van der Waals surface area contributed by atoms with Crippen molar-refractivity contribution in [2.24, 2.45) is 5.92 Å². The largest absolute Gasteiger partial charge is 0.480 e. The van der Waals surface area contributed by atoms with Crippen LogP contribution in [0.2, 0.25) is 0 Å². The van der Waals surface area contributed by atoms with Gasteiger partial charge in [-0.1, -0.05) is 19.3 Å². The SMILES string of the molecule is CS(=O)(=O)c1ccc(C(=O)N[C@H](C(=O)O)C2CCCCC2)c(N)c1. The summed E-state index contributed by atoms with van der Waals surface area (Å²) >= 11 is 0. The number of nitrogens with two attached hydrogens (primary N) is 1. The van der Waals surface area contributed by atoms with E-state index >= 15 is 0 Å². The van der Waals surface area contributed by atoms with E-state index < -0.39 is 27.8 Å². The molecule has 132 valence electrons. The third-order valence-electron chi connectivity index (χ3n) is 4.37. The molecule has 1 aromatic carbocycles. The van der Waals surface area contributed by atoms with Crippen LogP contribution in [0.25, 0.3) is 0 Å². The van der Waals surface area contributed by atoms with Gasteiger partial charge in [0.05, 0.1) is 10.5 Å². The van der Waals surface area contributed by atoms with E-state index in [2.05, 4.69) is 5.32 Å². The normalized spacial score (nSPS) is 17.2. The number of carbonyl (C=O) groups is 2. The summed E-state index contributed by atoms with van der Waals surface area (Å²) in [6, 6.07) is 2.84. The van der Waals surface area contributed by atoms with Crippen molar-refractivity contribution in [3.05, 3.63) is 23.8 Å². The van der Waals surface area contributed by atoms with Gasteiger partial charge in [0.2, 0.25) is 0 Å². The highest BCUT2D eigenvalue weighted by molar-refractivity contribution is 7.90. The van der Waals surface area contributed by atoms with Gasteiger partial charge in [-0.05, 0) is 37.0 Å². The summed E-state index contributed by atoms with van der Waals surface area (Å²) in [4.78, 5) is 23.9. The fourth-order valence-electron chi connectivity index (χ4n) is 3.05. The molecule has 0 spiro atoms. The van der Waals surface area contributed by atoms with Gasteiger partial charge < -0.3 is 16.2 Å². The molecule has 0 aliphatic heterocycles. The van der Waals surface area contributed by atoms with Crippen LogP contribution in [0.1, 0.15) is 42.5 Å². The molecule has 1 amide bonds. The first-order valence-electron chi connectivity index (χ1n) is 7.83. The first kappa shape index (κ1) is 18.3. The van der Waals surface area contributed by atoms with Crippen molar-refractivity contribution in [2.75, 3.05) is 12.0 Å². The zero-order chi connectivity index (χ0) is 17.9. The van der Waals surface area contributed by atoms with Gasteiger partial charge in [0.15, 0.2) is 9.84 Å². The van der Waals surface area contributed by atoms with Crippen molar-refractivity contribution in [3.63, 3.8) is 0 Å². The summed E-state index contributed by atoms with van der Waals surface area (Å²) < 4.78 is 23.0. The molecule has 4 N–H and O–H groups in total. The number of carboxylic acids is 1. The number of aliphatic carboxylic acids is 1. The summed E-state index contributed by atoms with van der Waals surface area (Å²) in [5.74, 6) is -1.77. The quantitative estimate of drug-likeness (QED) is 0.687. The zero-order valence-electron chi connectivity index (χ0n) is 13.5. The smallest absolute Gasteiger partial charge is 0.326 e. The molecule has 24 heavy (non-hydrogen) atoms. The van der Waals surface area contributed by atoms with Gasteiger partial charge in [-0.25, -0.2) is 13.2 Å². The van der Waals surface area contributed by atoms with Gasteiger partial charge in [0.1, 0.15) is 6.04 Å². The molecule has 0 saturated heterocycles. The van der Waals surface area contributed by atoms with E-state index in [0.717, 1.165) is 38.4 Å². The Morgan fingerprint density at radius 1 is 1.25 bits per heavy atom. The molecule has 1 aromatic rings. The molecule has 0 radical (unpaired) electrons. The maximum atomic E-state index is 12.4. The summed E-state index contributed by atoms with van der Waals surface area (Å²) in [6.07, 6.45) is 5.56. The Hall–Kier alpha value is -2.09. The summed E-state index contributed by atoms with van der Waals surface area (Å²) in [7, 11) is -3.43. The molecule has 0 heterocycles. The van der Waals surface area contributed by atoms with Gasteiger partial charge in [0, 0.05) is 11.9 Å². The van der Waals surface area contributed by atoms with Gasteiger partial charge in [0.25, 0.3) is 5.91 Å². The van der Waals surface area contributed by atoms with Crippen molar-refractivity contribution in [3.8, 4) is 0 Å². The molecule has 1 fully saturated rings. The highest BCUT2D eigenvalue weighted by Crippen LogP contribution is 2.27. The molecule has 8 heteroatoms. The predicted molar refractivity (Wildman–Crippen MR) is 89.4 cm³/mol. The highest BCUT2D eigenvalue weighted by Gasteiger charge is 2.31. The van der Waals surface area contributed by atoms with E-state index in [1.165, 1.54) is 18.2 Å².